The summed E-state index contributed by atoms with van der Waals surface area (Å²) in [7, 11) is 1.53. The molecule has 0 bridgehead atoms. The molecule has 1 heterocycles. The maximum absolute atomic E-state index is 13.5. The second-order valence-electron chi connectivity index (χ2n) is 8.71. The van der Waals surface area contributed by atoms with E-state index in [1.54, 1.807) is 12.1 Å². The van der Waals surface area contributed by atoms with E-state index >= 15 is 0 Å². The van der Waals surface area contributed by atoms with Crippen molar-refractivity contribution in [2.24, 2.45) is 5.92 Å². The highest BCUT2D eigenvalue weighted by atomic mass is 19.1. The molecule has 2 aliphatic rings. The molecule has 0 unspecified atom stereocenters. The van der Waals surface area contributed by atoms with Crippen LogP contribution in [0.4, 0.5) is 10.1 Å². The number of rotatable bonds is 5. The van der Waals surface area contributed by atoms with E-state index in [0.717, 1.165) is 11.3 Å². The van der Waals surface area contributed by atoms with E-state index in [1.165, 1.54) is 19.2 Å². The van der Waals surface area contributed by atoms with E-state index in [2.05, 4.69) is 0 Å². The van der Waals surface area contributed by atoms with Crippen LogP contribution in [0.3, 0.4) is 0 Å². The van der Waals surface area contributed by atoms with Crippen LogP contribution in [0.5, 0.6) is 0 Å². The summed E-state index contributed by atoms with van der Waals surface area (Å²) in [5.74, 6) is -0.838. The topological polar surface area (TPSA) is 73.2 Å². The van der Waals surface area contributed by atoms with Crippen molar-refractivity contribution in [3.63, 3.8) is 0 Å². The fourth-order valence-electron chi connectivity index (χ4n) is 5.17. The number of ether oxygens (including phenoxy) is 1. The number of benzene rings is 1. The lowest BCUT2D eigenvalue weighted by Crippen LogP contribution is -2.63. The average Bonchev–Trinajstić information content (AvgIpc) is 2.90. The SMILES string of the molecule is CO[C@@H]1[C@H](O)CC[C@]2(O)CN(c3ccc(F)cc3)[C@](C)([C@H](O)CC=C(C)C)[C@@H]12. The normalized spacial score (nSPS) is 36.1. The van der Waals surface area contributed by atoms with E-state index in [4.69, 9.17) is 4.74 Å². The average molecular weight is 393 g/mol. The minimum absolute atomic E-state index is 0.290. The van der Waals surface area contributed by atoms with Crippen molar-refractivity contribution < 1.29 is 24.4 Å². The zero-order chi connectivity index (χ0) is 20.7. The van der Waals surface area contributed by atoms with Gasteiger partial charge in [0.25, 0.3) is 0 Å². The first-order valence-electron chi connectivity index (χ1n) is 9.91. The molecule has 1 saturated heterocycles. The number of β-amino-alcohol motifs (C(OH)–C–C–N with tert-alkyl or cyclic N) is 1. The van der Waals surface area contributed by atoms with Gasteiger partial charge in [-0.3, -0.25) is 0 Å². The molecule has 1 aliphatic heterocycles. The molecule has 1 aromatic rings. The van der Waals surface area contributed by atoms with Gasteiger partial charge in [-0.2, -0.15) is 0 Å². The van der Waals surface area contributed by atoms with Gasteiger partial charge in [0, 0.05) is 25.3 Å². The van der Waals surface area contributed by atoms with E-state index < -0.39 is 35.4 Å². The Balaban J connectivity index is 2.10. The molecule has 0 aromatic heterocycles. The van der Waals surface area contributed by atoms with E-state index in [1.807, 2.05) is 31.7 Å². The van der Waals surface area contributed by atoms with Gasteiger partial charge in [0.05, 0.1) is 29.5 Å². The first-order valence-corrected chi connectivity index (χ1v) is 9.91. The van der Waals surface area contributed by atoms with Crippen molar-refractivity contribution in [2.45, 2.75) is 69.5 Å². The van der Waals surface area contributed by atoms with Crippen LogP contribution in [-0.2, 0) is 4.74 Å². The van der Waals surface area contributed by atoms with Crippen LogP contribution in [0, 0.1) is 11.7 Å². The number of halogens is 1. The van der Waals surface area contributed by atoms with Crippen LogP contribution < -0.4 is 4.90 Å². The highest BCUT2D eigenvalue weighted by Crippen LogP contribution is 2.53. The lowest BCUT2D eigenvalue weighted by molar-refractivity contribution is -0.164. The van der Waals surface area contributed by atoms with Gasteiger partial charge >= 0.3 is 0 Å². The van der Waals surface area contributed by atoms with Crippen LogP contribution in [0.15, 0.2) is 35.9 Å². The Labute approximate surface area is 166 Å². The first-order chi connectivity index (χ1) is 13.1. The summed E-state index contributed by atoms with van der Waals surface area (Å²) in [6.45, 7) is 6.14. The summed E-state index contributed by atoms with van der Waals surface area (Å²) in [6.07, 6.45) is 1.11. The highest BCUT2D eigenvalue weighted by Gasteiger charge is 2.66. The molecule has 0 spiro atoms. The largest absolute Gasteiger partial charge is 0.390 e. The number of methoxy groups -OCH3 is 1. The van der Waals surface area contributed by atoms with Gasteiger partial charge in [0.2, 0.25) is 0 Å². The van der Waals surface area contributed by atoms with Crippen LogP contribution in [0.25, 0.3) is 0 Å². The Morgan fingerprint density at radius 3 is 2.57 bits per heavy atom. The van der Waals surface area contributed by atoms with Gasteiger partial charge in [-0.1, -0.05) is 11.6 Å². The predicted octanol–water partition coefficient (Wildman–Crippen LogP) is 2.64. The molecule has 3 N–H and O–H groups in total. The maximum Gasteiger partial charge on any atom is 0.123 e. The summed E-state index contributed by atoms with van der Waals surface area (Å²) >= 11 is 0. The number of aliphatic hydroxyl groups is 3. The van der Waals surface area contributed by atoms with Gasteiger partial charge < -0.3 is 25.0 Å². The number of hydrogen-bond donors (Lipinski definition) is 3. The van der Waals surface area contributed by atoms with Gasteiger partial charge in [-0.05, 0) is 64.3 Å². The molecule has 1 saturated carbocycles. The molecule has 0 radical (unpaired) electrons. The van der Waals surface area contributed by atoms with Gasteiger partial charge in [0.1, 0.15) is 5.82 Å². The third kappa shape index (κ3) is 3.47. The number of hydrogen-bond acceptors (Lipinski definition) is 5. The smallest absolute Gasteiger partial charge is 0.123 e. The van der Waals surface area contributed by atoms with Crippen molar-refractivity contribution in [2.75, 3.05) is 18.6 Å². The van der Waals surface area contributed by atoms with Gasteiger partial charge in [-0.15, -0.1) is 0 Å². The van der Waals surface area contributed by atoms with E-state index in [0.29, 0.717) is 19.3 Å². The minimum atomic E-state index is -1.12. The lowest BCUT2D eigenvalue weighted by atomic mass is 9.65. The first kappa shape index (κ1) is 21.2. The molecular formula is C22H32FNO4. The Morgan fingerprint density at radius 2 is 2.00 bits per heavy atom. The van der Waals surface area contributed by atoms with Crippen molar-refractivity contribution >= 4 is 5.69 Å². The molecule has 6 heteroatoms. The zero-order valence-electron chi connectivity index (χ0n) is 17.1. The molecule has 5 nitrogen and oxygen atoms in total. The third-order valence-electron chi connectivity index (χ3n) is 6.64. The number of aliphatic hydroxyl groups excluding tert-OH is 2. The van der Waals surface area contributed by atoms with Crippen LogP contribution in [0.1, 0.15) is 40.0 Å². The summed E-state index contributed by atoms with van der Waals surface area (Å²) in [4.78, 5) is 1.96. The Bertz CT molecular complexity index is 720. The Morgan fingerprint density at radius 1 is 1.36 bits per heavy atom. The minimum Gasteiger partial charge on any atom is -0.390 e. The molecule has 1 aliphatic carbocycles. The number of anilines is 1. The Hall–Kier alpha value is -1.47. The summed E-state index contributed by atoms with van der Waals surface area (Å²) in [6, 6.07) is 6.10. The fraction of sp³-hybridized carbons (Fsp3) is 0.636. The van der Waals surface area contributed by atoms with Crippen molar-refractivity contribution in [3.8, 4) is 0 Å². The van der Waals surface area contributed by atoms with Gasteiger partial charge in [-0.25, -0.2) is 4.39 Å². The molecule has 2 fully saturated rings. The van der Waals surface area contributed by atoms with Crippen molar-refractivity contribution in [1.82, 2.24) is 0 Å². The highest BCUT2D eigenvalue weighted by molar-refractivity contribution is 5.53. The molecule has 6 atom stereocenters. The summed E-state index contributed by atoms with van der Waals surface area (Å²) < 4.78 is 19.1. The monoisotopic (exact) mass is 393 g/mol. The van der Waals surface area contributed by atoms with E-state index in [9.17, 15) is 19.7 Å². The second-order valence-corrected chi connectivity index (χ2v) is 8.71. The Kier molecular flexibility index (Phi) is 5.88. The quantitative estimate of drug-likeness (QED) is 0.671. The molecular weight excluding hydrogens is 361 g/mol. The van der Waals surface area contributed by atoms with Crippen LogP contribution in [0.2, 0.25) is 0 Å². The molecule has 28 heavy (non-hydrogen) atoms. The molecule has 156 valence electrons. The molecule has 1 aromatic carbocycles. The van der Waals surface area contributed by atoms with E-state index in [-0.39, 0.29) is 12.4 Å². The fourth-order valence-corrected chi connectivity index (χ4v) is 5.17. The number of fused-ring (bicyclic) bond motifs is 1. The molecule has 3 rings (SSSR count). The van der Waals surface area contributed by atoms with Crippen LogP contribution in [-0.4, -0.2) is 58.4 Å². The summed E-state index contributed by atoms with van der Waals surface area (Å²) in [5, 5.41) is 33.4. The van der Waals surface area contributed by atoms with Crippen molar-refractivity contribution in [3.05, 3.63) is 41.7 Å². The second kappa shape index (κ2) is 7.75. The third-order valence-corrected chi connectivity index (χ3v) is 6.64. The van der Waals surface area contributed by atoms with Gasteiger partial charge in [0.15, 0.2) is 0 Å². The predicted molar refractivity (Wildman–Crippen MR) is 107 cm³/mol. The maximum atomic E-state index is 13.5. The number of allylic oxidation sites excluding steroid dienone is 1. The zero-order valence-corrected chi connectivity index (χ0v) is 17.1. The lowest BCUT2D eigenvalue weighted by Gasteiger charge is -2.50. The molecule has 0 amide bonds. The van der Waals surface area contributed by atoms with Crippen molar-refractivity contribution in [1.29, 1.82) is 0 Å². The summed E-state index contributed by atoms with van der Waals surface area (Å²) in [5.41, 5.74) is -0.196. The van der Waals surface area contributed by atoms with Crippen LogP contribution >= 0.6 is 0 Å². The standard InChI is InChI=1S/C22H32FNO4/c1-14(2)5-10-18(26)21(3)20-19(28-4)17(25)11-12-22(20,27)13-24(21)16-8-6-15(23)7-9-16/h5-9,17-20,25-27H,10-13H2,1-4H3/t17-,18-,19-,20-,21-,22+/m1/s1. The number of nitrogens with zero attached hydrogens (tertiary/aromatic N) is 1.